The molecule has 0 saturated carbocycles. The normalized spacial score (nSPS) is 9.86. The van der Waals surface area contributed by atoms with Gasteiger partial charge in [-0.25, -0.2) is 0 Å². The summed E-state index contributed by atoms with van der Waals surface area (Å²) in [6.07, 6.45) is 9.87. The van der Waals surface area contributed by atoms with Gasteiger partial charge in [0.05, 0.1) is 13.2 Å². The van der Waals surface area contributed by atoms with E-state index in [9.17, 15) is 0 Å². The van der Waals surface area contributed by atoms with Gasteiger partial charge in [-0.1, -0.05) is 38.5 Å². The van der Waals surface area contributed by atoms with Crippen LogP contribution in [0, 0.1) is 0 Å². The largest absolute Gasteiger partial charge is 0.494 e. The summed E-state index contributed by atoms with van der Waals surface area (Å²) in [7, 11) is 0. The number of unbranched alkanes of at least 4 members (excludes halogenated alkanes) is 7. The van der Waals surface area contributed by atoms with Gasteiger partial charge in [-0.3, -0.25) is 0 Å². The molecule has 0 unspecified atom stereocenters. The third-order valence-corrected chi connectivity index (χ3v) is 4.34. The number of nitrogen functional groups attached to an aromatic ring is 2. The maximum Gasteiger partial charge on any atom is 0.119 e. The van der Waals surface area contributed by atoms with Gasteiger partial charge in [0.25, 0.3) is 0 Å². The standard InChI is InChI=1S/C22H32N2O2.2ClH/c23-19-9-13-21(14-10-19)25-17-7-5-3-1-2-4-6-8-18-26-22-15-11-20(24)12-16-22;;/h9-16H,1-8,17-18,23-24H2;2*1H. The molecule has 2 aromatic rings. The average Bonchev–Trinajstić information content (AvgIpc) is 2.65. The summed E-state index contributed by atoms with van der Waals surface area (Å²) in [6, 6.07) is 15.2. The van der Waals surface area contributed by atoms with Gasteiger partial charge in [0.15, 0.2) is 0 Å². The summed E-state index contributed by atoms with van der Waals surface area (Å²) in [6.45, 7) is 1.57. The van der Waals surface area contributed by atoms with Crippen molar-refractivity contribution < 1.29 is 9.47 Å². The monoisotopic (exact) mass is 428 g/mol. The molecule has 0 aliphatic carbocycles. The van der Waals surface area contributed by atoms with Gasteiger partial charge in [0, 0.05) is 11.4 Å². The van der Waals surface area contributed by atoms with Crippen molar-refractivity contribution in [2.24, 2.45) is 0 Å². The molecule has 0 spiro atoms. The second-order valence-electron chi connectivity index (χ2n) is 6.66. The summed E-state index contributed by atoms with van der Waals surface area (Å²) in [5.74, 6) is 1.81. The summed E-state index contributed by atoms with van der Waals surface area (Å²) < 4.78 is 11.4. The molecule has 0 aromatic heterocycles. The summed E-state index contributed by atoms with van der Waals surface area (Å²) in [5, 5.41) is 0. The Morgan fingerprint density at radius 3 is 1.07 bits per heavy atom. The van der Waals surface area contributed by atoms with E-state index >= 15 is 0 Å². The Balaban J connectivity index is 0.00000364. The van der Waals surface area contributed by atoms with Crippen molar-refractivity contribution in [3.05, 3.63) is 48.5 Å². The van der Waals surface area contributed by atoms with Crippen LogP contribution in [0.15, 0.2) is 48.5 Å². The molecule has 0 aliphatic heterocycles. The molecular formula is C22H34Cl2N2O2. The number of hydrogen-bond acceptors (Lipinski definition) is 4. The highest BCUT2D eigenvalue weighted by Crippen LogP contribution is 2.15. The number of nitrogens with two attached hydrogens (primary N) is 2. The van der Waals surface area contributed by atoms with Crippen molar-refractivity contribution in [2.45, 2.75) is 51.4 Å². The second kappa shape index (κ2) is 16.2. The number of anilines is 2. The molecule has 0 radical (unpaired) electrons. The molecule has 158 valence electrons. The number of rotatable bonds is 13. The molecule has 4 nitrogen and oxygen atoms in total. The summed E-state index contributed by atoms with van der Waals surface area (Å²) >= 11 is 0. The van der Waals surface area contributed by atoms with Crippen molar-refractivity contribution in [3.63, 3.8) is 0 Å². The van der Waals surface area contributed by atoms with Gasteiger partial charge >= 0.3 is 0 Å². The Labute approximate surface area is 181 Å². The van der Waals surface area contributed by atoms with Gasteiger partial charge in [-0.2, -0.15) is 0 Å². The average molecular weight is 429 g/mol. The van der Waals surface area contributed by atoms with Gasteiger partial charge in [-0.15, -0.1) is 24.8 Å². The van der Waals surface area contributed by atoms with Gasteiger partial charge < -0.3 is 20.9 Å². The molecule has 0 bridgehead atoms. The van der Waals surface area contributed by atoms with E-state index in [-0.39, 0.29) is 24.8 Å². The van der Waals surface area contributed by atoms with E-state index in [0.717, 1.165) is 48.9 Å². The lowest BCUT2D eigenvalue weighted by Crippen LogP contribution is -1.98. The first kappa shape index (κ1) is 26.2. The topological polar surface area (TPSA) is 70.5 Å². The smallest absolute Gasteiger partial charge is 0.119 e. The van der Waals surface area contributed by atoms with Crippen LogP contribution in [0.1, 0.15) is 51.4 Å². The Bertz CT molecular complexity index is 551. The Morgan fingerprint density at radius 2 is 0.750 bits per heavy atom. The zero-order valence-electron chi connectivity index (χ0n) is 16.5. The van der Waals surface area contributed by atoms with E-state index in [1.54, 1.807) is 0 Å². The molecule has 0 aliphatic rings. The molecule has 28 heavy (non-hydrogen) atoms. The highest BCUT2D eigenvalue weighted by molar-refractivity contribution is 5.85. The molecular weight excluding hydrogens is 395 g/mol. The van der Waals surface area contributed by atoms with Crippen LogP contribution < -0.4 is 20.9 Å². The van der Waals surface area contributed by atoms with E-state index < -0.39 is 0 Å². The van der Waals surface area contributed by atoms with E-state index in [4.69, 9.17) is 20.9 Å². The second-order valence-corrected chi connectivity index (χ2v) is 6.66. The summed E-state index contributed by atoms with van der Waals surface area (Å²) in [5.41, 5.74) is 12.9. The minimum atomic E-state index is 0. The van der Waals surface area contributed by atoms with Gasteiger partial charge in [-0.05, 0) is 61.4 Å². The Hall–Kier alpha value is -1.78. The van der Waals surface area contributed by atoms with Crippen molar-refractivity contribution >= 4 is 36.2 Å². The van der Waals surface area contributed by atoms with E-state index in [0.29, 0.717) is 0 Å². The highest BCUT2D eigenvalue weighted by atomic mass is 35.5. The predicted octanol–water partition coefficient (Wildman–Crippen LogP) is 6.27. The number of ether oxygens (including phenoxy) is 2. The predicted molar refractivity (Wildman–Crippen MR) is 124 cm³/mol. The SMILES string of the molecule is Cl.Cl.Nc1ccc(OCCCCCCCCCCOc2ccc(N)cc2)cc1. The molecule has 0 saturated heterocycles. The lowest BCUT2D eigenvalue weighted by Gasteiger charge is -2.07. The minimum Gasteiger partial charge on any atom is -0.494 e. The fourth-order valence-corrected chi connectivity index (χ4v) is 2.77. The molecule has 2 rings (SSSR count). The molecule has 0 atom stereocenters. The first-order valence-electron chi connectivity index (χ1n) is 9.71. The molecule has 0 fully saturated rings. The fourth-order valence-electron chi connectivity index (χ4n) is 2.77. The van der Waals surface area contributed by atoms with Gasteiger partial charge in [0.2, 0.25) is 0 Å². The maximum absolute atomic E-state index is 5.70. The van der Waals surface area contributed by atoms with Crippen molar-refractivity contribution in [2.75, 3.05) is 24.7 Å². The third-order valence-electron chi connectivity index (χ3n) is 4.34. The minimum absolute atomic E-state index is 0. The third kappa shape index (κ3) is 11.8. The first-order chi connectivity index (χ1) is 12.7. The number of hydrogen-bond donors (Lipinski definition) is 2. The molecule has 0 heterocycles. The first-order valence-corrected chi connectivity index (χ1v) is 9.71. The molecule has 0 amide bonds. The van der Waals surface area contributed by atoms with Crippen molar-refractivity contribution in [3.8, 4) is 11.5 Å². The van der Waals surface area contributed by atoms with Crippen LogP contribution in [0.3, 0.4) is 0 Å². The Morgan fingerprint density at radius 1 is 0.464 bits per heavy atom. The molecule has 2 aromatic carbocycles. The van der Waals surface area contributed by atoms with Crippen LogP contribution in [0.5, 0.6) is 11.5 Å². The van der Waals surface area contributed by atoms with Gasteiger partial charge in [0.1, 0.15) is 11.5 Å². The highest BCUT2D eigenvalue weighted by Gasteiger charge is 1.96. The lowest BCUT2D eigenvalue weighted by atomic mass is 10.1. The van der Waals surface area contributed by atoms with Crippen LogP contribution in [0.4, 0.5) is 11.4 Å². The zero-order valence-corrected chi connectivity index (χ0v) is 18.1. The van der Waals surface area contributed by atoms with Crippen molar-refractivity contribution in [1.82, 2.24) is 0 Å². The van der Waals surface area contributed by atoms with Crippen molar-refractivity contribution in [1.29, 1.82) is 0 Å². The number of benzene rings is 2. The quantitative estimate of drug-likeness (QED) is 0.291. The van der Waals surface area contributed by atoms with Crippen LogP contribution >= 0.6 is 24.8 Å². The lowest BCUT2D eigenvalue weighted by molar-refractivity contribution is 0.301. The van der Waals surface area contributed by atoms with Crippen LogP contribution in [0.25, 0.3) is 0 Å². The van der Waals surface area contributed by atoms with E-state index in [2.05, 4.69) is 0 Å². The van der Waals surface area contributed by atoms with Crippen LogP contribution in [-0.4, -0.2) is 13.2 Å². The van der Waals surface area contributed by atoms with Crippen LogP contribution in [0.2, 0.25) is 0 Å². The molecule has 4 N–H and O–H groups in total. The maximum atomic E-state index is 5.70. The Kier molecular flexibility index (Phi) is 15.2. The zero-order chi connectivity index (χ0) is 18.5. The number of halogens is 2. The molecule has 6 heteroatoms. The fraction of sp³-hybridized carbons (Fsp3) is 0.455. The van der Waals surface area contributed by atoms with E-state index in [1.165, 1.54) is 38.5 Å². The van der Waals surface area contributed by atoms with Crippen LogP contribution in [-0.2, 0) is 0 Å². The summed E-state index contributed by atoms with van der Waals surface area (Å²) in [4.78, 5) is 0. The van der Waals surface area contributed by atoms with E-state index in [1.807, 2.05) is 48.5 Å².